The number of rotatable bonds is 1. The second-order valence-corrected chi connectivity index (χ2v) is 4.54. The van der Waals surface area contributed by atoms with Crippen LogP contribution in [0.15, 0.2) is 12.1 Å². The smallest absolute Gasteiger partial charge is 0.249 e. The quantitative estimate of drug-likeness (QED) is 0.818. The molecular weight excluding hydrogens is 226 g/mol. The first-order chi connectivity index (χ1) is 7.87. The van der Waals surface area contributed by atoms with Crippen LogP contribution in [0.2, 0.25) is 0 Å². The normalized spacial score (nSPS) is 17.7. The van der Waals surface area contributed by atoms with Crippen LogP contribution in [0.1, 0.15) is 20.8 Å². The van der Waals surface area contributed by atoms with E-state index in [0.29, 0.717) is 12.2 Å². The SMILES string of the molecule is CCN1c2cc(F)cc(F)c2NC(=O)C1(C)C. The van der Waals surface area contributed by atoms with E-state index in [9.17, 15) is 13.6 Å². The minimum absolute atomic E-state index is 0.0533. The molecule has 0 aliphatic carbocycles. The third-order valence-electron chi connectivity index (χ3n) is 3.11. The number of hydrogen-bond donors (Lipinski definition) is 1. The van der Waals surface area contributed by atoms with Crippen molar-refractivity contribution in [3.05, 3.63) is 23.8 Å². The lowest BCUT2D eigenvalue weighted by Crippen LogP contribution is -2.56. The zero-order valence-electron chi connectivity index (χ0n) is 9.97. The van der Waals surface area contributed by atoms with Gasteiger partial charge in [0.25, 0.3) is 0 Å². The minimum Gasteiger partial charge on any atom is -0.356 e. The molecule has 1 aromatic rings. The van der Waals surface area contributed by atoms with Crippen LogP contribution in [-0.4, -0.2) is 18.0 Å². The molecule has 17 heavy (non-hydrogen) atoms. The molecule has 92 valence electrons. The lowest BCUT2D eigenvalue weighted by atomic mass is 9.96. The molecule has 3 nitrogen and oxygen atoms in total. The second-order valence-electron chi connectivity index (χ2n) is 4.54. The van der Waals surface area contributed by atoms with E-state index in [2.05, 4.69) is 5.32 Å². The average molecular weight is 240 g/mol. The molecule has 2 rings (SSSR count). The second kappa shape index (κ2) is 3.68. The number of anilines is 2. The molecule has 0 spiro atoms. The Balaban J connectivity index is 2.65. The average Bonchev–Trinajstić information content (AvgIpc) is 2.21. The van der Waals surface area contributed by atoms with Crippen LogP contribution in [0, 0.1) is 11.6 Å². The molecule has 5 heteroatoms. The summed E-state index contributed by atoms with van der Waals surface area (Å²) in [5, 5.41) is 2.49. The Hall–Kier alpha value is -1.65. The van der Waals surface area contributed by atoms with Gasteiger partial charge in [-0.3, -0.25) is 4.79 Å². The molecule has 1 amide bonds. The number of amides is 1. The largest absolute Gasteiger partial charge is 0.356 e. The number of nitrogens with zero attached hydrogens (tertiary/aromatic N) is 1. The maximum Gasteiger partial charge on any atom is 0.249 e. The molecule has 0 atom stereocenters. The van der Waals surface area contributed by atoms with E-state index in [1.807, 2.05) is 6.92 Å². The number of nitrogens with one attached hydrogen (secondary N) is 1. The molecule has 0 aromatic heterocycles. The minimum atomic E-state index is -0.817. The van der Waals surface area contributed by atoms with Crippen molar-refractivity contribution < 1.29 is 13.6 Å². The highest BCUT2D eigenvalue weighted by molar-refractivity contribution is 6.06. The molecule has 1 N–H and O–H groups in total. The fourth-order valence-electron chi connectivity index (χ4n) is 2.15. The van der Waals surface area contributed by atoms with Crippen molar-refractivity contribution >= 4 is 17.3 Å². The Morgan fingerprint density at radius 3 is 2.59 bits per heavy atom. The third-order valence-corrected chi connectivity index (χ3v) is 3.11. The Kier molecular flexibility index (Phi) is 2.56. The molecule has 1 aliphatic rings. The lowest BCUT2D eigenvalue weighted by Gasteiger charge is -2.43. The molecule has 0 unspecified atom stereocenters. The summed E-state index contributed by atoms with van der Waals surface area (Å²) in [5.74, 6) is -1.69. The number of carbonyl (C=O) groups is 1. The van der Waals surface area contributed by atoms with E-state index >= 15 is 0 Å². The molecule has 1 aliphatic heterocycles. The standard InChI is InChI=1S/C12H14F2N2O/c1-4-16-9-6-7(13)5-8(14)10(9)15-11(17)12(16,2)3/h5-6H,4H2,1-3H3,(H,15,17). The van der Waals surface area contributed by atoms with Gasteiger partial charge in [0.2, 0.25) is 5.91 Å². The van der Waals surface area contributed by atoms with Crippen molar-refractivity contribution in [2.75, 3.05) is 16.8 Å². The fourth-order valence-corrected chi connectivity index (χ4v) is 2.15. The lowest BCUT2D eigenvalue weighted by molar-refractivity contribution is -0.120. The van der Waals surface area contributed by atoms with Crippen LogP contribution in [-0.2, 0) is 4.79 Å². The van der Waals surface area contributed by atoms with Crippen molar-refractivity contribution in [1.29, 1.82) is 0 Å². The first kappa shape index (κ1) is 11.8. The zero-order chi connectivity index (χ0) is 12.8. The van der Waals surface area contributed by atoms with Gasteiger partial charge < -0.3 is 10.2 Å². The molecule has 0 saturated carbocycles. The molecule has 1 aromatic carbocycles. The molecule has 0 fully saturated rings. The molecule has 1 heterocycles. The zero-order valence-corrected chi connectivity index (χ0v) is 9.97. The summed E-state index contributed by atoms with van der Waals surface area (Å²) in [4.78, 5) is 13.6. The molecule has 0 bridgehead atoms. The van der Waals surface area contributed by atoms with Crippen molar-refractivity contribution in [2.24, 2.45) is 0 Å². The highest BCUT2D eigenvalue weighted by Gasteiger charge is 2.40. The Morgan fingerprint density at radius 1 is 1.35 bits per heavy atom. The van der Waals surface area contributed by atoms with Gasteiger partial charge in [-0.05, 0) is 26.8 Å². The van der Waals surface area contributed by atoms with E-state index in [1.165, 1.54) is 6.07 Å². The summed E-state index contributed by atoms with van der Waals surface area (Å²) < 4.78 is 26.8. The monoisotopic (exact) mass is 240 g/mol. The van der Waals surface area contributed by atoms with Crippen molar-refractivity contribution in [3.8, 4) is 0 Å². The third kappa shape index (κ3) is 1.66. The number of likely N-dealkylation sites (N-methyl/N-ethyl adjacent to an activating group) is 1. The van der Waals surface area contributed by atoms with E-state index in [4.69, 9.17) is 0 Å². The van der Waals surface area contributed by atoms with E-state index < -0.39 is 17.2 Å². The number of benzene rings is 1. The van der Waals surface area contributed by atoms with Gasteiger partial charge in [-0.25, -0.2) is 8.78 Å². The van der Waals surface area contributed by atoms with Gasteiger partial charge in [0.1, 0.15) is 17.0 Å². The maximum absolute atomic E-state index is 13.6. The number of halogens is 2. The van der Waals surface area contributed by atoms with Gasteiger partial charge in [0.05, 0.1) is 5.69 Å². The van der Waals surface area contributed by atoms with Crippen molar-refractivity contribution in [3.63, 3.8) is 0 Å². The summed E-state index contributed by atoms with van der Waals surface area (Å²) >= 11 is 0. The first-order valence-electron chi connectivity index (χ1n) is 5.46. The topological polar surface area (TPSA) is 32.3 Å². The van der Waals surface area contributed by atoms with Crippen LogP contribution in [0.25, 0.3) is 0 Å². The van der Waals surface area contributed by atoms with Crippen LogP contribution in [0.3, 0.4) is 0 Å². The van der Waals surface area contributed by atoms with Crippen LogP contribution < -0.4 is 10.2 Å². The summed E-state index contributed by atoms with van der Waals surface area (Å²) in [6, 6.07) is 2.01. The van der Waals surface area contributed by atoms with Gasteiger partial charge in [-0.1, -0.05) is 0 Å². The maximum atomic E-state index is 13.6. The number of fused-ring (bicyclic) bond motifs is 1. The predicted octanol–water partition coefficient (Wildman–Crippen LogP) is 2.52. The van der Waals surface area contributed by atoms with Gasteiger partial charge in [-0.2, -0.15) is 0 Å². The summed E-state index contributed by atoms with van der Waals surface area (Å²) in [6.07, 6.45) is 0. The molecular formula is C12H14F2N2O. The summed E-state index contributed by atoms with van der Waals surface area (Å²) in [5.41, 5.74) is -0.380. The van der Waals surface area contributed by atoms with E-state index in [1.54, 1.807) is 18.7 Å². The fraction of sp³-hybridized carbons (Fsp3) is 0.417. The van der Waals surface area contributed by atoms with Gasteiger partial charge in [0, 0.05) is 12.6 Å². The van der Waals surface area contributed by atoms with Gasteiger partial charge in [0.15, 0.2) is 5.82 Å². The Labute approximate surface area is 98.4 Å². The highest BCUT2D eigenvalue weighted by atomic mass is 19.1. The van der Waals surface area contributed by atoms with Gasteiger partial charge in [-0.15, -0.1) is 0 Å². The Morgan fingerprint density at radius 2 is 2.00 bits per heavy atom. The number of hydrogen-bond acceptors (Lipinski definition) is 2. The van der Waals surface area contributed by atoms with Crippen LogP contribution >= 0.6 is 0 Å². The number of carbonyl (C=O) groups excluding carboxylic acids is 1. The van der Waals surface area contributed by atoms with E-state index in [-0.39, 0.29) is 11.6 Å². The Bertz CT molecular complexity index is 486. The van der Waals surface area contributed by atoms with Crippen LogP contribution in [0.5, 0.6) is 0 Å². The van der Waals surface area contributed by atoms with Crippen LogP contribution in [0.4, 0.5) is 20.2 Å². The molecule has 0 radical (unpaired) electrons. The molecule has 0 saturated heterocycles. The summed E-state index contributed by atoms with van der Waals surface area (Å²) in [6.45, 7) is 5.78. The van der Waals surface area contributed by atoms with E-state index in [0.717, 1.165) is 6.07 Å². The first-order valence-corrected chi connectivity index (χ1v) is 5.46. The van der Waals surface area contributed by atoms with Crippen molar-refractivity contribution in [1.82, 2.24) is 0 Å². The highest BCUT2D eigenvalue weighted by Crippen LogP contribution is 2.38. The van der Waals surface area contributed by atoms with Gasteiger partial charge >= 0.3 is 0 Å². The summed E-state index contributed by atoms with van der Waals surface area (Å²) in [7, 11) is 0. The van der Waals surface area contributed by atoms with Crippen molar-refractivity contribution in [2.45, 2.75) is 26.3 Å². The predicted molar refractivity (Wildman–Crippen MR) is 62.1 cm³/mol.